The van der Waals surface area contributed by atoms with Crippen LogP contribution >= 0.6 is 24.0 Å². The van der Waals surface area contributed by atoms with Crippen LogP contribution in [0.25, 0.3) is 11.7 Å². The molecule has 6 rings (SSSR count). The average Bonchev–Trinajstić information content (AvgIpc) is 3.28. The number of aromatic nitrogens is 2. The highest BCUT2D eigenvalue weighted by molar-refractivity contribution is 8.26. The normalized spacial score (nSPS) is 18.0. The van der Waals surface area contributed by atoms with Gasteiger partial charge in [0.1, 0.15) is 15.8 Å². The van der Waals surface area contributed by atoms with E-state index in [1.54, 1.807) is 21.6 Å². The minimum Gasteiger partial charge on any atom is -0.356 e. The number of carbonyl (C=O) groups is 1. The molecule has 6 nitrogen and oxygen atoms in total. The molecule has 4 aromatic rings. The monoisotopic (exact) mass is 580 g/mol. The first-order valence-corrected chi connectivity index (χ1v) is 15.3. The quantitative estimate of drug-likeness (QED) is 0.194. The Bertz CT molecular complexity index is 1690. The van der Waals surface area contributed by atoms with Gasteiger partial charge >= 0.3 is 0 Å². The highest BCUT2D eigenvalue weighted by Gasteiger charge is 2.36. The molecule has 8 heteroatoms. The zero-order valence-corrected chi connectivity index (χ0v) is 24.8. The van der Waals surface area contributed by atoms with Gasteiger partial charge in [-0.05, 0) is 67.9 Å². The van der Waals surface area contributed by atoms with Crippen LogP contribution in [0.5, 0.6) is 0 Å². The van der Waals surface area contributed by atoms with Crippen molar-refractivity contribution < 1.29 is 4.79 Å². The topological polar surface area (TPSA) is 57.9 Å². The van der Waals surface area contributed by atoms with Crippen LogP contribution in [0.3, 0.4) is 0 Å². The van der Waals surface area contributed by atoms with Crippen molar-refractivity contribution in [3.63, 3.8) is 0 Å². The number of fused-ring (bicyclic) bond motifs is 1. The predicted octanol–water partition coefficient (Wildman–Crippen LogP) is 6.42. The smallest absolute Gasteiger partial charge is 0.267 e. The summed E-state index contributed by atoms with van der Waals surface area (Å²) in [6, 6.07) is 24.1. The standard InChI is InChI=1S/C33H32N4O2S2/c1-22-10-9-17-36-29(22)34-30(35-18-15-25(16-19-35)20-24-11-5-3-6-12-24)27(31(36)38)21-28-32(39)37(33(40)41-28)23(2)26-13-7-4-8-14-26/h3-14,17,21,23,25H,15-16,18-20H2,1-2H3. The van der Waals surface area contributed by atoms with Crippen LogP contribution in [0.2, 0.25) is 0 Å². The number of amides is 1. The van der Waals surface area contributed by atoms with Gasteiger partial charge < -0.3 is 4.90 Å². The summed E-state index contributed by atoms with van der Waals surface area (Å²) in [5, 5.41) is 0. The maximum Gasteiger partial charge on any atom is 0.267 e. The molecule has 4 heterocycles. The average molecular weight is 581 g/mol. The Balaban J connectivity index is 1.34. The predicted molar refractivity (Wildman–Crippen MR) is 171 cm³/mol. The van der Waals surface area contributed by atoms with Crippen LogP contribution in [-0.4, -0.2) is 37.6 Å². The molecular formula is C33H32N4O2S2. The summed E-state index contributed by atoms with van der Waals surface area (Å²) >= 11 is 6.90. The van der Waals surface area contributed by atoms with Crippen LogP contribution < -0.4 is 10.5 Å². The number of thioether (sulfide) groups is 1. The van der Waals surface area contributed by atoms with Crippen molar-refractivity contribution in [2.75, 3.05) is 18.0 Å². The fourth-order valence-electron chi connectivity index (χ4n) is 5.79. The van der Waals surface area contributed by atoms with Crippen molar-refractivity contribution in [3.8, 4) is 0 Å². The van der Waals surface area contributed by atoms with Gasteiger partial charge in [0.2, 0.25) is 0 Å². The Morgan fingerprint density at radius 3 is 2.39 bits per heavy atom. The van der Waals surface area contributed by atoms with E-state index >= 15 is 0 Å². The van der Waals surface area contributed by atoms with E-state index in [4.69, 9.17) is 17.2 Å². The van der Waals surface area contributed by atoms with Gasteiger partial charge in [-0.1, -0.05) is 90.7 Å². The Hall–Kier alpha value is -3.75. The maximum atomic E-state index is 13.9. The van der Waals surface area contributed by atoms with E-state index in [9.17, 15) is 9.59 Å². The van der Waals surface area contributed by atoms with Crippen LogP contribution in [0.4, 0.5) is 5.82 Å². The van der Waals surface area contributed by atoms with Crippen molar-refractivity contribution in [1.82, 2.24) is 14.3 Å². The van der Waals surface area contributed by atoms with E-state index in [1.807, 2.05) is 56.3 Å². The molecule has 2 aliphatic rings. The molecule has 1 amide bonds. The highest BCUT2D eigenvalue weighted by atomic mass is 32.2. The molecule has 0 radical (unpaired) electrons. The number of thiocarbonyl (C=S) groups is 1. The number of benzene rings is 2. The molecule has 41 heavy (non-hydrogen) atoms. The maximum absolute atomic E-state index is 13.9. The summed E-state index contributed by atoms with van der Waals surface area (Å²) in [5.74, 6) is 1.04. The number of rotatable bonds is 6. The number of aryl methyl sites for hydroxylation is 1. The third-order valence-corrected chi connectivity index (χ3v) is 9.44. The zero-order chi connectivity index (χ0) is 28.5. The van der Waals surface area contributed by atoms with E-state index in [1.165, 1.54) is 17.3 Å². The van der Waals surface area contributed by atoms with E-state index < -0.39 is 0 Å². The highest BCUT2D eigenvalue weighted by Crippen LogP contribution is 2.39. The molecule has 1 atom stereocenters. The van der Waals surface area contributed by atoms with E-state index in [-0.39, 0.29) is 17.5 Å². The van der Waals surface area contributed by atoms with E-state index in [0.29, 0.717) is 32.2 Å². The lowest BCUT2D eigenvalue weighted by Crippen LogP contribution is -2.37. The van der Waals surface area contributed by atoms with Crippen molar-refractivity contribution in [2.45, 2.75) is 39.2 Å². The van der Waals surface area contributed by atoms with Crippen molar-refractivity contribution in [1.29, 1.82) is 0 Å². The molecule has 1 unspecified atom stereocenters. The zero-order valence-electron chi connectivity index (χ0n) is 23.2. The number of anilines is 1. The van der Waals surface area contributed by atoms with Crippen molar-refractivity contribution >= 4 is 51.7 Å². The Kier molecular flexibility index (Phi) is 7.77. The summed E-state index contributed by atoms with van der Waals surface area (Å²) < 4.78 is 2.07. The van der Waals surface area contributed by atoms with Gasteiger partial charge in [0.05, 0.1) is 16.5 Å². The molecule has 2 aromatic carbocycles. The second-order valence-electron chi connectivity index (χ2n) is 10.8. The molecule has 0 aliphatic carbocycles. The first kappa shape index (κ1) is 27.4. The molecular weight excluding hydrogens is 549 g/mol. The second-order valence-corrected chi connectivity index (χ2v) is 12.5. The molecule has 208 valence electrons. The summed E-state index contributed by atoms with van der Waals surface area (Å²) in [6.07, 6.45) is 6.54. The van der Waals surface area contributed by atoms with Gasteiger partial charge in [-0.25, -0.2) is 4.98 Å². The van der Waals surface area contributed by atoms with Gasteiger partial charge in [0, 0.05) is 19.3 Å². The number of carbonyl (C=O) groups excluding carboxylic acids is 1. The van der Waals surface area contributed by atoms with Crippen LogP contribution in [-0.2, 0) is 11.2 Å². The number of pyridine rings is 1. The molecule has 2 aliphatic heterocycles. The molecule has 0 spiro atoms. The molecule has 2 saturated heterocycles. The SMILES string of the molecule is Cc1cccn2c(=O)c(C=C3SC(=S)N(C(C)c4ccccc4)C3=O)c(N3CCC(Cc4ccccc4)CC3)nc12. The number of hydrogen-bond donors (Lipinski definition) is 0. The summed E-state index contributed by atoms with van der Waals surface area (Å²) in [6.45, 7) is 5.55. The summed E-state index contributed by atoms with van der Waals surface area (Å²) in [7, 11) is 0. The fraction of sp³-hybridized carbons (Fsp3) is 0.273. The lowest BCUT2D eigenvalue weighted by atomic mass is 9.90. The van der Waals surface area contributed by atoms with Gasteiger partial charge in [-0.2, -0.15) is 0 Å². The first-order chi connectivity index (χ1) is 19.9. The molecule has 0 saturated carbocycles. The Labute approximate surface area is 249 Å². The van der Waals surface area contributed by atoms with Gasteiger partial charge in [-0.15, -0.1) is 0 Å². The molecule has 0 N–H and O–H groups in total. The minimum absolute atomic E-state index is 0.179. The van der Waals surface area contributed by atoms with Gasteiger partial charge in [-0.3, -0.25) is 18.9 Å². The molecule has 2 aromatic heterocycles. The van der Waals surface area contributed by atoms with E-state index in [2.05, 4.69) is 35.2 Å². The minimum atomic E-state index is -0.212. The number of hydrogen-bond acceptors (Lipinski definition) is 6. The second kappa shape index (κ2) is 11.6. The lowest BCUT2D eigenvalue weighted by Gasteiger charge is -2.33. The summed E-state index contributed by atoms with van der Waals surface area (Å²) in [4.78, 5) is 37.0. The van der Waals surface area contributed by atoms with Crippen LogP contribution in [0.1, 0.15) is 48.1 Å². The number of nitrogens with zero attached hydrogens (tertiary/aromatic N) is 4. The van der Waals surface area contributed by atoms with E-state index in [0.717, 1.165) is 43.5 Å². The largest absolute Gasteiger partial charge is 0.356 e. The molecule has 0 bridgehead atoms. The third kappa shape index (κ3) is 5.46. The summed E-state index contributed by atoms with van der Waals surface area (Å²) in [5.41, 5.74) is 4.19. The molecule has 2 fully saturated rings. The fourth-order valence-corrected chi connectivity index (χ4v) is 7.19. The number of piperidine rings is 1. The lowest BCUT2D eigenvalue weighted by molar-refractivity contribution is -0.123. The Morgan fingerprint density at radius 2 is 1.68 bits per heavy atom. The Morgan fingerprint density at radius 1 is 1.00 bits per heavy atom. The van der Waals surface area contributed by atoms with Crippen LogP contribution in [0, 0.1) is 12.8 Å². The van der Waals surface area contributed by atoms with Gasteiger partial charge in [0.15, 0.2) is 0 Å². The van der Waals surface area contributed by atoms with Crippen LogP contribution in [0.15, 0.2) is 88.7 Å². The van der Waals surface area contributed by atoms with Crippen molar-refractivity contribution in [3.05, 3.63) is 117 Å². The van der Waals surface area contributed by atoms with Gasteiger partial charge in [0.25, 0.3) is 11.5 Å². The third-order valence-electron chi connectivity index (χ3n) is 8.11. The van der Waals surface area contributed by atoms with Crippen molar-refractivity contribution in [2.24, 2.45) is 5.92 Å². The first-order valence-electron chi connectivity index (χ1n) is 14.0.